The number of rotatable bonds is 5. The highest BCUT2D eigenvalue weighted by atomic mass is 16.2. The van der Waals surface area contributed by atoms with Crippen molar-refractivity contribution in [3.63, 3.8) is 0 Å². The van der Waals surface area contributed by atoms with Gasteiger partial charge in [0.15, 0.2) is 0 Å². The van der Waals surface area contributed by atoms with Gasteiger partial charge in [-0.2, -0.15) is 0 Å². The summed E-state index contributed by atoms with van der Waals surface area (Å²) in [4.78, 5) is 21.3. The van der Waals surface area contributed by atoms with E-state index in [0.29, 0.717) is 24.4 Å². The van der Waals surface area contributed by atoms with Gasteiger partial charge in [-0.1, -0.05) is 13.0 Å². The van der Waals surface area contributed by atoms with Crippen LogP contribution in [0.3, 0.4) is 0 Å². The molecule has 2 aliphatic heterocycles. The fourth-order valence-corrected chi connectivity index (χ4v) is 4.07. The zero-order valence-corrected chi connectivity index (χ0v) is 13.6. The van der Waals surface area contributed by atoms with Crippen LogP contribution in [0.4, 0.5) is 0 Å². The number of carbonyl (C=O) groups is 1. The average Bonchev–Trinajstić information content (AvgIpc) is 3.21. The monoisotopic (exact) mass is 301 g/mol. The number of hydrogen-bond donors (Lipinski definition) is 0. The van der Waals surface area contributed by atoms with Crippen LogP contribution in [0.1, 0.15) is 44.7 Å². The van der Waals surface area contributed by atoms with E-state index in [0.717, 1.165) is 19.5 Å². The van der Waals surface area contributed by atoms with Crippen LogP contribution in [0.5, 0.6) is 0 Å². The Bertz CT molecular complexity index is 490. The van der Waals surface area contributed by atoms with E-state index in [4.69, 9.17) is 0 Å². The molecule has 22 heavy (non-hydrogen) atoms. The number of likely N-dealkylation sites (tertiary alicyclic amines) is 2. The van der Waals surface area contributed by atoms with Crippen molar-refractivity contribution in [1.29, 1.82) is 0 Å². The molecule has 0 spiro atoms. The molecule has 0 aliphatic carbocycles. The molecular formula is C18H27N3O. The molecule has 2 fully saturated rings. The van der Waals surface area contributed by atoms with Gasteiger partial charge in [0.1, 0.15) is 0 Å². The standard InChI is InChI=1S/C18H27N3O/c1-2-18(22)21-13-6-9-17(21)16-8-5-12-20(16)14-10-15-7-3-4-11-19-15/h3-4,7,11,16-17H,2,5-6,8-10,12-14H2,1H3/t16-,17-/m1/s1. The van der Waals surface area contributed by atoms with Gasteiger partial charge in [0.05, 0.1) is 0 Å². The Labute approximate surface area is 133 Å². The molecule has 2 atom stereocenters. The number of pyridine rings is 1. The third-order valence-electron chi connectivity index (χ3n) is 5.16. The second-order valence-electron chi connectivity index (χ2n) is 6.47. The summed E-state index contributed by atoms with van der Waals surface area (Å²) in [7, 11) is 0. The number of hydrogen-bond acceptors (Lipinski definition) is 3. The summed E-state index contributed by atoms with van der Waals surface area (Å²) in [6, 6.07) is 7.13. The van der Waals surface area contributed by atoms with Crippen LogP contribution in [0.15, 0.2) is 24.4 Å². The van der Waals surface area contributed by atoms with E-state index in [1.54, 1.807) is 0 Å². The topological polar surface area (TPSA) is 36.4 Å². The quantitative estimate of drug-likeness (QED) is 0.838. The molecule has 3 heterocycles. The van der Waals surface area contributed by atoms with Gasteiger partial charge in [-0.15, -0.1) is 0 Å². The van der Waals surface area contributed by atoms with Crippen molar-refractivity contribution in [3.8, 4) is 0 Å². The average molecular weight is 301 g/mol. The molecule has 0 aromatic carbocycles. The fourth-order valence-electron chi connectivity index (χ4n) is 4.07. The van der Waals surface area contributed by atoms with Gasteiger partial charge in [-0.05, 0) is 44.4 Å². The van der Waals surface area contributed by atoms with Gasteiger partial charge < -0.3 is 4.90 Å². The van der Waals surface area contributed by atoms with Crippen molar-refractivity contribution in [1.82, 2.24) is 14.8 Å². The minimum atomic E-state index is 0.332. The SMILES string of the molecule is CCC(=O)N1CCC[C@@H]1[C@H]1CCCN1CCc1ccccn1. The molecule has 120 valence electrons. The minimum absolute atomic E-state index is 0.332. The van der Waals surface area contributed by atoms with Crippen LogP contribution in [-0.2, 0) is 11.2 Å². The summed E-state index contributed by atoms with van der Waals surface area (Å²) >= 11 is 0. The van der Waals surface area contributed by atoms with Crippen LogP contribution in [-0.4, -0.2) is 52.4 Å². The van der Waals surface area contributed by atoms with Crippen molar-refractivity contribution in [2.75, 3.05) is 19.6 Å². The molecule has 1 aromatic rings. The summed E-state index contributed by atoms with van der Waals surface area (Å²) in [6.07, 6.45) is 8.35. The van der Waals surface area contributed by atoms with E-state index in [-0.39, 0.29) is 0 Å². The first-order chi connectivity index (χ1) is 10.8. The van der Waals surface area contributed by atoms with E-state index in [9.17, 15) is 4.79 Å². The van der Waals surface area contributed by atoms with Gasteiger partial charge >= 0.3 is 0 Å². The van der Waals surface area contributed by atoms with Crippen LogP contribution in [0.2, 0.25) is 0 Å². The first-order valence-electron chi connectivity index (χ1n) is 8.73. The third kappa shape index (κ3) is 3.32. The number of amides is 1. The summed E-state index contributed by atoms with van der Waals surface area (Å²) in [5, 5.41) is 0. The molecule has 0 saturated carbocycles. The molecule has 0 unspecified atom stereocenters. The van der Waals surface area contributed by atoms with Gasteiger partial charge in [-0.3, -0.25) is 14.7 Å². The van der Waals surface area contributed by atoms with Crippen molar-refractivity contribution in [2.45, 2.75) is 57.5 Å². The maximum Gasteiger partial charge on any atom is 0.222 e. The van der Waals surface area contributed by atoms with Gasteiger partial charge in [0.25, 0.3) is 0 Å². The second-order valence-corrected chi connectivity index (χ2v) is 6.47. The molecule has 0 radical (unpaired) electrons. The van der Waals surface area contributed by atoms with Crippen molar-refractivity contribution in [2.24, 2.45) is 0 Å². The third-order valence-corrected chi connectivity index (χ3v) is 5.16. The maximum atomic E-state index is 12.2. The highest BCUT2D eigenvalue weighted by Crippen LogP contribution is 2.30. The maximum absolute atomic E-state index is 12.2. The lowest BCUT2D eigenvalue weighted by atomic mass is 10.0. The lowest BCUT2D eigenvalue weighted by molar-refractivity contribution is -0.132. The molecule has 0 N–H and O–H groups in total. The molecule has 3 rings (SSSR count). The molecule has 1 aromatic heterocycles. The first kappa shape index (κ1) is 15.5. The Balaban J connectivity index is 1.61. The Kier molecular flexibility index (Phi) is 5.08. The number of carbonyl (C=O) groups excluding carboxylic acids is 1. The zero-order valence-electron chi connectivity index (χ0n) is 13.6. The Morgan fingerprint density at radius 2 is 2.05 bits per heavy atom. The molecule has 2 saturated heterocycles. The molecule has 1 amide bonds. The lowest BCUT2D eigenvalue weighted by Crippen LogP contribution is -2.48. The fraction of sp³-hybridized carbons (Fsp3) is 0.667. The van der Waals surface area contributed by atoms with Gasteiger partial charge in [0.2, 0.25) is 5.91 Å². The Morgan fingerprint density at radius 3 is 2.82 bits per heavy atom. The van der Waals surface area contributed by atoms with Crippen LogP contribution < -0.4 is 0 Å². The lowest BCUT2D eigenvalue weighted by Gasteiger charge is -2.35. The van der Waals surface area contributed by atoms with Crippen LogP contribution in [0.25, 0.3) is 0 Å². The molecule has 4 nitrogen and oxygen atoms in total. The van der Waals surface area contributed by atoms with E-state index in [1.165, 1.54) is 37.9 Å². The zero-order chi connectivity index (χ0) is 15.4. The predicted octanol–water partition coefficient (Wildman–Crippen LogP) is 2.49. The van der Waals surface area contributed by atoms with Crippen molar-refractivity contribution in [3.05, 3.63) is 30.1 Å². The molecule has 4 heteroatoms. The van der Waals surface area contributed by atoms with Crippen molar-refractivity contribution >= 4 is 5.91 Å². The highest BCUT2D eigenvalue weighted by Gasteiger charge is 2.38. The van der Waals surface area contributed by atoms with Gasteiger partial charge in [-0.25, -0.2) is 0 Å². The summed E-state index contributed by atoms with van der Waals surface area (Å²) < 4.78 is 0. The highest BCUT2D eigenvalue weighted by molar-refractivity contribution is 5.76. The number of aromatic nitrogens is 1. The van der Waals surface area contributed by atoms with Crippen molar-refractivity contribution < 1.29 is 4.79 Å². The van der Waals surface area contributed by atoms with Crippen LogP contribution in [0, 0.1) is 0 Å². The minimum Gasteiger partial charge on any atom is -0.338 e. The van der Waals surface area contributed by atoms with E-state index < -0.39 is 0 Å². The summed E-state index contributed by atoms with van der Waals surface area (Å²) in [6.45, 7) is 5.17. The van der Waals surface area contributed by atoms with E-state index in [2.05, 4.69) is 26.9 Å². The largest absolute Gasteiger partial charge is 0.338 e. The molecule has 0 bridgehead atoms. The first-order valence-corrected chi connectivity index (χ1v) is 8.73. The Morgan fingerprint density at radius 1 is 1.23 bits per heavy atom. The smallest absolute Gasteiger partial charge is 0.222 e. The van der Waals surface area contributed by atoms with E-state index >= 15 is 0 Å². The van der Waals surface area contributed by atoms with Gasteiger partial charge in [0, 0.05) is 49.9 Å². The normalized spacial score (nSPS) is 25.8. The summed E-state index contributed by atoms with van der Waals surface area (Å²) in [5.74, 6) is 0.332. The predicted molar refractivity (Wildman–Crippen MR) is 87.6 cm³/mol. The summed E-state index contributed by atoms with van der Waals surface area (Å²) in [5.41, 5.74) is 1.17. The van der Waals surface area contributed by atoms with E-state index in [1.807, 2.05) is 19.2 Å². The van der Waals surface area contributed by atoms with Crippen LogP contribution >= 0.6 is 0 Å². The number of nitrogens with zero attached hydrogens (tertiary/aromatic N) is 3. The molecule has 2 aliphatic rings. The second kappa shape index (κ2) is 7.23. The molecular weight excluding hydrogens is 274 g/mol. The Hall–Kier alpha value is -1.42.